The Labute approximate surface area is 80.4 Å². The third-order valence-electron chi connectivity index (χ3n) is 1.99. The molecule has 4 heteroatoms. The molecule has 0 aromatic heterocycles. The van der Waals surface area contributed by atoms with Crippen LogP contribution in [-0.2, 0) is 4.79 Å². The lowest BCUT2D eigenvalue weighted by atomic mass is 10.2. The number of nitrogens with zero attached hydrogens (tertiary/aromatic N) is 1. The fraction of sp³-hybridized carbons (Fsp3) is 0.222. The van der Waals surface area contributed by atoms with Gasteiger partial charge in [-0.25, -0.2) is 4.79 Å². The Morgan fingerprint density at radius 2 is 2.54 bits per heavy atom. The highest BCUT2D eigenvalue weighted by Crippen LogP contribution is 2.30. The van der Waals surface area contributed by atoms with Gasteiger partial charge < -0.3 is 10.0 Å². The molecule has 0 saturated carbocycles. The van der Waals surface area contributed by atoms with Gasteiger partial charge in [0.1, 0.15) is 6.04 Å². The lowest BCUT2D eigenvalue weighted by Gasteiger charge is -2.33. The number of thioether (sulfide) groups is 1. The molecule has 68 valence electrons. The summed E-state index contributed by atoms with van der Waals surface area (Å²) in [5.41, 5.74) is 0. The van der Waals surface area contributed by atoms with E-state index in [2.05, 4.69) is 0 Å². The van der Waals surface area contributed by atoms with E-state index in [4.69, 9.17) is 5.11 Å². The average Bonchev–Trinajstić information content (AvgIpc) is 2.17. The van der Waals surface area contributed by atoms with Crippen LogP contribution in [0.15, 0.2) is 34.7 Å². The molecule has 2 heterocycles. The van der Waals surface area contributed by atoms with Gasteiger partial charge in [0.2, 0.25) is 0 Å². The van der Waals surface area contributed by atoms with E-state index in [1.807, 2.05) is 22.5 Å². The van der Waals surface area contributed by atoms with Gasteiger partial charge in [0.25, 0.3) is 0 Å². The molecule has 3 nitrogen and oxygen atoms in total. The third-order valence-corrected chi connectivity index (χ3v) is 2.93. The van der Waals surface area contributed by atoms with Crippen LogP contribution in [0.1, 0.15) is 0 Å². The summed E-state index contributed by atoms with van der Waals surface area (Å²) in [6.07, 6.45) is 7.41. The maximum Gasteiger partial charge on any atom is 0.330 e. The highest BCUT2D eigenvalue weighted by Gasteiger charge is 2.27. The molecule has 2 rings (SSSR count). The van der Waals surface area contributed by atoms with Gasteiger partial charge in [-0.2, -0.15) is 0 Å². The van der Waals surface area contributed by atoms with Gasteiger partial charge in [-0.3, -0.25) is 0 Å². The zero-order valence-corrected chi connectivity index (χ0v) is 7.70. The first-order valence-electron chi connectivity index (χ1n) is 3.98. The third kappa shape index (κ3) is 1.49. The summed E-state index contributed by atoms with van der Waals surface area (Å²) >= 11 is 1.56. The number of fused-ring (bicyclic) bond motifs is 1. The molecule has 1 N–H and O–H groups in total. The van der Waals surface area contributed by atoms with Crippen LogP contribution in [0.2, 0.25) is 0 Å². The summed E-state index contributed by atoms with van der Waals surface area (Å²) in [6.45, 7) is 0.681. The SMILES string of the molecule is O=C(O)C1C=CC=C2SC=CCN21. The van der Waals surface area contributed by atoms with Gasteiger partial charge in [-0.05, 0) is 11.5 Å². The topological polar surface area (TPSA) is 40.5 Å². The average molecular weight is 195 g/mol. The molecule has 2 aliphatic rings. The van der Waals surface area contributed by atoms with E-state index in [0.29, 0.717) is 6.54 Å². The van der Waals surface area contributed by atoms with E-state index >= 15 is 0 Å². The van der Waals surface area contributed by atoms with Crippen LogP contribution in [0.3, 0.4) is 0 Å². The van der Waals surface area contributed by atoms with Crippen LogP contribution >= 0.6 is 11.8 Å². The lowest BCUT2D eigenvalue weighted by Crippen LogP contribution is -2.40. The van der Waals surface area contributed by atoms with E-state index in [-0.39, 0.29) is 0 Å². The lowest BCUT2D eigenvalue weighted by molar-refractivity contribution is -0.140. The van der Waals surface area contributed by atoms with Crippen molar-refractivity contribution in [3.63, 3.8) is 0 Å². The van der Waals surface area contributed by atoms with Crippen molar-refractivity contribution in [2.45, 2.75) is 6.04 Å². The van der Waals surface area contributed by atoms with Crippen molar-refractivity contribution in [1.82, 2.24) is 4.90 Å². The summed E-state index contributed by atoms with van der Waals surface area (Å²) in [5.74, 6) is -0.794. The molecule has 0 fully saturated rings. The summed E-state index contributed by atoms with van der Waals surface area (Å²) < 4.78 is 0. The van der Waals surface area contributed by atoms with Crippen LogP contribution < -0.4 is 0 Å². The van der Waals surface area contributed by atoms with Gasteiger partial charge in [0.05, 0.1) is 5.03 Å². The summed E-state index contributed by atoms with van der Waals surface area (Å²) in [4.78, 5) is 12.7. The Hall–Kier alpha value is -1.16. The monoisotopic (exact) mass is 195 g/mol. The minimum atomic E-state index is -0.794. The molecule has 0 aliphatic carbocycles. The second-order valence-electron chi connectivity index (χ2n) is 2.81. The van der Waals surface area contributed by atoms with Gasteiger partial charge in [-0.15, -0.1) is 0 Å². The van der Waals surface area contributed by atoms with E-state index in [1.54, 1.807) is 23.9 Å². The number of rotatable bonds is 1. The second-order valence-corrected chi connectivity index (χ2v) is 3.74. The van der Waals surface area contributed by atoms with Crippen molar-refractivity contribution >= 4 is 17.7 Å². The summed E-state index contributed by atoms with van der Waals surface area (Å²) in [5, 5.41) is 11.9. The first kappa shape index (κ1) is 8.44. The van der Waals surface area contributed by atoms with Gasteiger partial charge in [0.15, 0.2) is 0 Å². The van der Waals surface area contributed by atoms with Gasteiger partial charge in [-0.1, -0.05) is 30.0 Å². The van der Waals surface area contributed by atoms with E-state index in [9.17, 15) is 4.79 Å². The quantitative estimate of drug-likeness (QED) is 0.687. The summed E-state index contributed by atoms with van der Waals surface area (Å²) in [7, 11) is 0. The number of allylic oxidation sites excluding steroid dienone is 2. The molecular formula is C9H9NO2S. The zero-order chi connectivity index (χ0) is 9.26. The number of hydrogen-bond donors (Lipinski definition) is 1. The minimum absolute atomic E-state index is 0.502. The number of carboxylic acids is 1. The molecule has 0 saturated heterocycles. The van der Waals surface area contributed by atoms with Crippen LogP contribution in [0, 0.1) is 0 Å². The number of carboxylic acid groups (broad SMARTS) is 1. The first-order chi connectivity index (χ1) is 6.29. The van der Waals surface area contributed by atoms with Crippen molar-refractivity contribution in [2.75, 3.05) is 6.54 Å². The first-order valence-corrected chi connectivity index (χ1v) is 4.86. The molecule has 0 aromatic carbocycles. The Balaban J connectivity index is 2.27. The Bertz CT molecular complexity index is 320. The highest BCUT2D eigenvalue weighted by molar-refractivity contribution is 8.05. The Kier molecular flexibility index (Phi) is 2.14. The number of hydrogen-bond acceptors (Lipinski definition) is 3. The molecule has 0 amide bonds. The van der Waals surface area contributed by atoms with Crippen LogP contribution in [0.5, 0.6) is 0 Å². The normalized spacial score (nSPS) is 25.4. The summed E-state index contributed by atoms with van der Waals surface area (Å²) in [6, 6.07) is -0.502. The number of carbonyl (C=O) groups is 1. The Morgan fingerprint density at radius 1 is 1.69 bits per heavy atom. The van der Waals surface area contributed by atoms with Crippen LogP contribution in [0.25, 0.3) is 0 Å². The molecule has 0 bridgehead atoms. The highest BCUT2D eigenvalue weighted by atomic mass is 32.2. The van der Waals surface area contributed by atoms with Crippen molar-refractivity contribution < 1.29 is 9.90 Å². The van der Waals surface area contributed by atoms with Crippen molar-refractivity contribution in [2.24, 2.45) is 0 Å². The molecule has 1 unspecified atom stereocenters. The maximum absolute atomic E-state index is 10.9. The predicted octanol–water partition coefficient (Wildman–Crippen LogP) is 1.41. The minimum Gasteiger partial charge on any atom is -0.479 e. The Morgan fingerprint density at radius 3 is 3.31 bits per heavy atom. The molecule has 0 spiro atoms. The number of aliphatic carboxylic acids is 1. The fourth-order valence-electron chi connectivity index (χ4n) is 1.38. The standard InChI is InChI=1S/C9H9NO2S/c11-9(12)7-3-1-4-8-10(7)5-2-6-13-8/h1-4,6-7H,5H2,(H,11,12). The van der Waals surface area contributed by atoms with Crippen LogP contribution in [-0.4, -0.2) is 28.6 Å². The predicted molar refractivity (Wildman–Crippen MR) is 52.1 cm³/mol. The van der Waals surface area contributed by atoms with Crippen molar-refractivity contribution in [3.05, 3.63) is 34.7 Å². The smallest absolute Gasteiger partial charge is 0.330 e. The molecule has 13 heavy (non-hydrogen) atoms. The molecule has 0 aromatic rings. The van der Waals surface area contributed by atoms with Crippen LogP contribution in [0.4, 0.5) is 0 Å². The van der Waals surface area contributed by atoms with E-state index in [0.717, 1.165) is 5.03 Å². The van der Waals surface area contributed by atoms with Crippen molar-refractivity contribution in [1.29, 1.82) is 0 Å². The zero-order valence-electron chi connectivity index (χ0n) is 6.88. The van der Waals surface area contributed by atoms with Gasteiger partial charge >= 0.3 is 5.97 Å². The molecular weight excluding hydrogens is 186 g/mol. The second kappa shape index (κ2) is 3.30. The molecule has 1 atom stereocenters. The van der Waals surface area contributed by atoms with E-state index < -0.39 is 12.0 Å². The largest absolute Gasteiger partial charge is 0.479 e. The molecule has 2 aliphatic heterocycles. The maximum atomic E-state index is 10.9. The molecule has 0 radical (unpaired) electrons. The fourth-order valence-corrected chi connectivity index (χ4v) is 2.18. The van der Waals surface area contributed by atoms with Crippen molar-refractivity contribution in [3.8, 4) is 0 Å². The van der Waals surface area contributed by atoms with E-state index in [1.165, 1.54) is 0 Å². The van der Waals surface area contributed by atoms with Gasteiger partial charge in [0, 0.05) is 6.54 Å².